The summed E-state index contributed by atoms with van der Waals surface area (Å²) in [6.45, 7) is 2.76. The van der Waals surface area contributed by atoms with Crippen molar-refractivity contribution in [3.63, 3.8) is 0 Å². The highest BCUT2D eigenvalue weighted by molar-refractivity contribution is 6.00. The zero-order chi connectivity index (χ0) is 30.9. The third-order valence-electron chi connectivity index (χ3n) is 7.30. The average Bonchev–Trinajstić information content (AvgIpc) is 2.95. The number of aromatic nitrogens is 6. The summed E-state index contributed by atoms with van der Waals surface area (Å²) in [6.07, 6.45) is 0. The predicted molar refractivity (Wildman–Crippen MR) is 152 cm³/mol. The molecule has 0 aliphatic rings. The second kappa shape index (κ2) is 9.39. The summed E-state index contributed by atoms with van der Waals surface area (Å²) in [5.74, 6) is 0. The van der Waals surface area contributed by atoms with Gasteiger partial charge in [0, 0.05) is 28.2 Å². The van der Waals surface area contributed by atoms with Gasteiger partial charge in [-0.05, 0) is 25.0 Å². The fourth-order valence-corrected chi connectivity index (χ4v) is 5.20. The highest BCUT2D eigenvalue weighted by atomic mass is 16.6. The number of nitro groups is 2. The normalized spacial score (nSPS) is 11.4. The Labute approximate surface area is 233 Å². The van der Waals surface area contributed by atoms with Crippen molar-refractivity contribution in [3.05, 3.63) is 97.6 Å². The standard InChI is InChI=1S/C26H22N8O8/c1-11-19(33(39)40)15(17-21(27-11)29(3)25(37)31(5)23(17)35)13-7-9-14(10-8-13)16-18-22(28-12(2)20(16)34(41)42)30(4)26(38)32(6)24(18)36/h7-10H,1-6H3. The maximum absolute atomic E-state index is 13.2. The first kappa shape index (κ1) is 27.8. The summed E-state index contributed by atoms with van der Waals surface area (Å²) in [5, 5.41) is 24.0. The Bertz CT molecular complexity index is 2130. The van der Waals surface area contributed by atoms with Gasteiger partial charge in [0.15, 0.2) is 11.3 Å². The molecular weight excluding hydrogens is 552 g/mol. The van der Waals surface area contributed by atoms with Gasteiger partial charge in [-0.15, -0.1) is 0 Å². The lowest BCUT2D eigenvalue weighted by Crippen LogP contribution is -2.37. The van der Waals surface area contributed by atoms with Crippen molar-refractivity contribution in [2.24, 2.45) is 28.2 Å². The largest absolute Gasteiger partial charge is 0.332 e. The van der Waals surface area contributed by atoms with E-state index in [1.54, 1.807) is 0 Å². The molecule has 0 radical (unpaired) electrons. The molecule has 0 N–H and O–H groups in total. The Hall–Kier alpha value is -5.80. The SMILES string of the molecule is Cc1nc2c(c(-c3ccc(-c4c([N+](=O)[O-])c(C)nc5c4c(=O)n(C)c(=O)n5C)cc3)c1[N+](=O)[O-])c(=O)n(C)c(=O)n2C. The Morgan fingerprint density at radius 3 is 1.19 bits per heavy atom. The van der Waals surface area contributed by atoms with E-state index < -0.39 is 43.7 Å². The van der Waals surface area contributed by atoms with E-state index in [1.165, 1.54) is 66.3 Å². The fraction of sp³-hybridized carbons (Fsp3) is 0.231. The van der Waals surface area contributed by atoms with Gasteiger partial charge in [-0.1, -0.05) is 24.3 Å². The molecule has 5 rings (SSSR count). The van der Waals surface area contributed by atoms with Crippen LogP contribution in [0.1, 0.15) is 11.4 Å². The van der Waals surface area contributed by atoms with Gasteiger partial charge < -0.3 is 0 Å². The third-order valence-corrected chi connectivity index (χ3v) is 7.30. The summed E-state index contributed by atoms with van der Waals surface area (Å²) in [6, 6.07) is 5.66. The topological polar surface area (TPSA) is 200 Å². The molecule has 0 spiro atoms. The molecule has 0 bridgehead atoms. The van der Waals surface area contributed by atoms with E-state index >= 15 is 0 Å². The molecule has 42 heavy (non-hydrogen) atoms. The molecule has 0 aliphatic carbocycles. The van der Waals surface area contributed by atoms with Crippen LogP contribution in [0.2, 0.25) is 0 Å². The molecule has 0 aliphatic heterocycles. The van der Waals surface area contributed by atoms with E-state index in [0.29, 0.717) is 0 Å². The van der Waals surface area contributed by atoms with Crippen LogP contribution in [0.25, 0.3) is 44.3 Å². The van der Waals surface area contributed by atoms with Crippen molar-refractivity contribution in [2.45, 2.75) is 13.8 Å². The van der Waals surface area contributed by atoms with Gasteiger partial charge in [0.2, 0.25) is 0 Å². The molecule has 0 saturated carbocycles. The number of hydrogen-bond acceptors (Lipinski definition) is 10. The van der Waals surface area contributed by atoms with E-state index in [4.69, 9.17) is 0 Å². The predicted octanol–water partition coefficient (Wildman–Crippen LogP) is 1.35. The Balaban J connectivity index is 1.91. The van der Waals surface area contributed by atoms with Crippen molar-refractivity contribution < 1.29 is 9.85 Å². The highest BCUT2D eigenvalue weighted by Crippen LogP contribution is 2.40. The van der Waals surface area contributed by atoms with Gasteiger partial charge in [0.1, 0.15) is 11.4 Å². The number of pyridine rings is 2. The van der Waals surface area contributed by atoms with Gasteiger partial charge in [-0.3, -0.25) is 48.1 Å². The number of benzene rings is 1. The number of nitrogens with zero attached hydrogens (tertiary/aromatic N) is 8. The van der Waals surface area contributed by atoms with Gasteiger partial charge >= 0.3 is 11.4 Å². The smallest absolute Gasteiger partial charge is 0.280 e. The summed E-state index contributed by atoms with van der Waals surface area (Å²) < 4.78 is 3.85. The number of fused-ring (bicyclic) bond motifs is 2. The van der Waals surface area contributed by atoms with E-state index in [2.05, 4.69) is 9.97 Å². The summed E-state index contributed by atoms with van der Waals surface area (Å²) in [5.41, 5.74) is -3.81. The molecular formula is C26H22N8O8. The highest BCUT2D eigenvalue weighted by Gasteiger charge is 2.30. The molecule has 0 saturated heterocycles. The molecule has 16 heteroatoms. The van der Waals surface area contributed by atoms with Crippen LogP contribution >= 0.6 is 0 Å². The minimum absolute atomic E-state index is 0.0365. The van der Waals surface area contributed by atoms with E-state index in [9.17, 15) is 39.4 Å². The molecule has 16 nitrogen and oxygen atoms in total. The quantitative estimate of drug-likeness (QED) is 0.223. The molecule has 5 aromatic rings. The zero-order valence-corrected chi connectivity index (χ0v) is 23.2. The van der Waals surface area contributed by atoms with E-state index in [-0.39, 0.29) is 55.7 Å². The van der Waals surface area contributed by atoms with Gasteiger partial charge in [0.25, 0.3) is 22.5 Å². The lowest BCUT2D eigenvalue weighted by Gasteiger charge is -2.14. The van der Waals surface area contributed by atoms with Crippen LogP contribution in [0.15, 0.2) is 43.4 Å². The summed E-state index contributed by atoms with van der Waals surface area (Å²) in [7, 11) is 5.26. The minimum Gasteiger partial charge on any atom is -0.280 e. The van der Waals surface area contributed by atoms with Crippen molar-refractivity contribution in [1.82, 2.24) is 28.2 Å². The Morgan fingerprint density at radius 2 is 0.905 bits per heavy atom. The average molecular weight is 575 g/mol. The number of rotatable bonds is 4. The first-order chi connectivity index (χ1) is 19.7. The third kappa shape index (κ3) is 3.75. The Morgan fingerprint density at radius 1 is 0.595 bits per heavy atom. The maximum atomic E-state index is 13.2. The summed E-state index contributed by atoms with van der Waals surface area (Å²) >= 11 is 0. The van der Waals surface area contributed by atoms with Crippen molar-refractivity contribution in [3.8, 4) is 22.3 Å². The fourth-order valence-electron chi connectivity index (χ4n) is 5.20. The number of hydrogen-bond donors (Lipinski definition) is 0. The first-order valence-electron chi connectivity index (χ1n) is 12.3. The first-order valence-corrected chi connectivity index (χ1v) is 12.3. The lowest BCUT2D eigenvalue weighted by atomic mass is 9.95. The lowest BCUT2D eigenvalue weighted by molar-refractivity contribution is -0.385. The molecule has 0 amide bonds. The van der Waals surface area contributed by atoms with Crippen molar-refractivity contribution in [1.29, 1.82) is 0 Å². The molecule has 4 aromatic heterocycles. The Kier molecular flexibility index (Phi) is 6.21. The van der Waals surface area contributed by atoms with Crippen LogP contribution in [0.5, 0.6) is 0 Å². The van der Waals surface area contributed by atoms with Crippen LogP contribution in [-0.4, -0.2) is 38.1 Å². The molecule has 4 heterocycles. The molecule has 214 valence electrons. The van der Waals surface area contributed by atoms with E-state index in [1.807, 2.05) is 0 Å². The van der Waals surface area contributed by atoms with Crippen molar-refractivity contribution >= 4 is 33.4 Å². The van der Waals surface area contributed by atoms with Crippen molar-refractivity contribution in [2.75, 3.05) is 0 Å². The minimum atomic E-state index is -0.793. The van der Waals surface area contributed by atoms with Gasteiger partial charge in [-0.2, -0.15) is 0 Å². The van der Waals surface area contributed by atoms with E-state index in [0.717, 1.165) is 18.3 Å². The van der Waals surface area contributed by atoms with Crippen LogP contribution in [0.3, 0.4) is 0 Å². The molecule has 0 fully saturated rings. The molecule has 0 atom stereocenters. The van der Waals surface area contributed by atoms with Gasteiger partial charge in [0.05, 0.1) is 31.7 Å². The second-order valence-electron chi connectivity index (χ2n) is 9.74. The van der Waals surface area contributed by atoms with Crippen LogP contribution in [0.4, 0.5) is 11.4 Å². The summed E-state index contributed by atoms with van der Waals surface area (Å²) in [4.78, 5) is 82.9. The molecule has 0 unspecified atom stereocenters. The second-order valence-corrected chi connectivity index (χ2v) is 9.74. The van der Waals surface area contributed by atoms with Gasteiger partial charge in [-0.25, -0.2) is 19.6 Å². The van der Waals surface area contributed by atoms with Crippen LogP contribution < -0.4 is 22.5 Å². The number of aryl methyl sites for hydroxylation is 4. The van der Waals surface area contributed by atoms with Crippen LogP contribution in [0, 0.1) is 34.1 Å². The van der Waals surface area contributed by atoms with Crippen LogP contribution in [-0.2, 0) is 28.2 Å². The molecule has 1 aromatic carbocycles. The monoisotopic (exact) mass is 574 g/mol. The maximum Gasteiger partial charge on any atom is 0.332 e. The zero-order valence-electron chi connectivity index (χ0n) is 23.2.